The zero-order valence-corrected chi connectivity index (χ0v) is 14.0. The number of aromatic nitrogens is 2. The van der Waals surface area contributed by atoms with Gasteiger partial charge in [-0.3, -0.25) is 10.1 Å². The summed E-state index contributed by atoms with van der Waals surface area (Å²) in [7, 11) is 1.51. The average molecular weight is 407 g/mol. The lowest BCUT2D eigenvalue weighted by atomic mass is 10.4. The van der Waals surface area contributed by atoms with E-state index in [4.69, 9.17) is 4.74 Å². The summed E-state index contributed by atoms with van der Waals surface area (Å²) in [5.41, 5.74) is 0.718. The van der Waals surface area contributed by atoms with Crippen LogP contribution in [0, 0.1) is 6.92 Å². The van der Waals surface area contributed by atoms with E-state index in [9.17, 15) is 4.79 Å². The van der Waals surface area contributed by atoms with Gasteiger partial charge in [-0.15, -0.1) is 11.3 Å². The summed E-state index contributed by atoms with van der Waals surface area (Å²) in [5.74, 6) is 0.378. The van der Waals surface area contributed by atoms with Crippen molar-refractivity contribution >= 4 is 55.1 Å². The quantitative estimate of drug-likeness (QED) is 0.845. The number of hydrogen-bond acceptors (Lipinski definition) is 5. The number of aryl methyl sites for hydroxylation is 1. The predicted molar refractivity (Wildman–Crippen MR) is 81.0 cm³/mol. The summed E-state index contributed by atoms with van der Waals surface area (Å²) < 4.78 is 6.73. The Kier molecular flexibility index (Phi) is 4.54. The first-order valence-electron chi connectivity index (χ1n) is 5.15. The number of anilines is 1. The van der Waals surface area contributed by atoms with Crippen molar-refractivity contribution in [1.29, 1.82) is 0 Å². The number of methoxy groups -OCH3 is 1. The monoisotopic (exact) mass is 405 g/mol. The molecule has 19 heavy (non-hydrogen) atoms. The minimum atomic E-state index is -0.260. The van der Waals surface area contributed by atoms with Crippen molar-refractivity contribution in [2.75, 3.05) is 12.4 Å². The number of nitrogens with zero attached hydrogens (tertiary/aromatic N) is 2. The third-order valence-corrected chi connectivity index (χ3v) is 5.39. The van der Waals surface area contributed by atoms with Gasteiger partial charge in [0.25, 0.3) is 5.91 Å². The summed E-state index contributed by atoms with van der Waals surface area (Å²) in [4.78, 5) is 20.8. The molecule has 2 aromatic heterocycles. The number of carbonyl (C=O) groups excluding carboxylic acids is 1. The van der Waals surface area contributed by atoms with E-state index in [-0.39, 0.29) is 11.9 Å². The smallest absolute Gasteiger partial charge is 0.268 e. The molecular formula is C11H9Br2N3O2S. The van der Waals surface area contributed by atoms with Crippen LogP contribution in [0.2, 0.25) is 0 Å². The average Bonchev–Trinajstić information content (AvgIpc) is 2.69. The first kappa shape index (κ1) is 14.4. The van der Waals surface area contributed by atoms with Gasteiger partial charge in [0, 0.05) is 16.2 Å². The number of rotatable bonds is 3. The van der Waals surface area contributed by atoms with Crippen LogP contribution >= 0.6 is 43.2 Å². The van der Waals surface area contributed by atoms with Crippen molar-refractivity contribution in [3.05, 3.63) is 31.0 Å². The Labute approximate surface area is 130 Å². The molecule has 0 spiro atoms. The van der Waals surface area contributed by atoms with Crippen LogP contribution in [-0.4, -0.2) is 23.0 Å². The van der Waals surface area contributed by atoms with Crippen molar-refractivity contribution in [3.63, 3.8) is 0 Å². The molecule has 5 nitrogen and oxygen atoms in total. The molecule has 100 valence electrons. The molecule has 0 aliphatic rings. The van der Waals surface area contributed by atoms with Crippen molar-refractivity contribution in [2.45, 2.75) is 6.92 Å². The number of ether oxygens (including phenoxy) is 1. The second kappa shape index (κ2) is 5.98. The van der Waals surface area contributed by atoms with E-state index in [1.807, 2.05) is 0 Å². The van der Waals surface area contributed by atoms with Crippen molar-refractivity contribution in [2.24, 2.45) is 0 Å². The van der Waals surface area contributed by atoms with Crippen molar-refractivity contribution in [3.8, 4) is 5.88 Å². The van der Waals surface area contributed by atoms with Gasteiger partial charge >= 0.3 is 0 Å². The standard InChI is InChI=1S/C11H9Br2N3O2S/c1-5-3-8(18-2)15-11(14-5)16-10(17)7-4-6(12)9(13)19-7/h3-4H,1-2H3,(H,14,15,16,17). The van der Waals surface area contributed by atoms with Gasteiger partial charge in [-0.2, -0.15) is 4.98 Å². The maximum absolute atomic E-state index is 12.0. The molecular weight excluding hydrogens is 398 g/mol. The van der Waals surface area contributed by atoms with Gasteiger partial charge < -0.3 is 4.74 Å². The Morgan fingerprint density at radius 2 is 2.11 bits per heavy atom. The highest BCUT2D eigenvalue weighted by molar-refractivity contribution is 9.13. The van der Waals surface area contributed by atoms with Gasteiger partial charge in [0.15, 0.2) is 0 Å². The molecule has 0 bridgehead atoms. The van der Waals surface area contributed by atoms with Crippen LogP contribution < -0.4 is 10.1 Å². The normalized spacial score (nSPS) is 10.3. The largest absolute Gasteiger partial charge is 0.481 e. The van der Waals surface area contributed by atoms with E-state index in [0.717, 1.165) is 14.0 Å². The highest BCUT2D eigenvalue weighted by Gasteiger charge is 2.14. The van der Waals surface area contributed by atoms with Crippen LogP contribution in [0.15, 0.2) is 20.4 Å². The summed E-state index contributed by atoms with van der Waals surface area (Å²) >= 11 is 8.01. The first-order chi connectivity index (χ1) is 8.99. The van der Waals surface area contributed by atoms with Crippen LogP contribution in [0.5, 0.6) is 5.88 Å². The van der Waals surface area contributed by atoms with Gasteiger partial charge in [0.1, 0.15) is 0 Å². The third-order valence-electron chi connectivity index (χ3n) is 2.13. The molecule has 2 heterocycles. The molecule has 1 amide bonds. The molecule has 0 aliphatic heterocycles. The highest BCUT2D eigenvalue weighted by Crippen LogP contribution is 2.32. The van der Waals surface area contributed by atoms with E-state index in [0.29, 0.717) is 10.8 Å². The molecule has 0 atom stereocenters. The number of thiophene rings is 1. The van der Waals surface area contributed by atoms with E-state index in [1.54, 1.807) is 19.1 Å². The summed E-state index contributed by atoms with van der Waals surface area (Å²) in [6, 6.07) is 3.42. The molecule has 0 unspecified atom stereocenters. The van der Waals surface area contributed by atoms with Crippen molar-refractivity contribution < 1.29 is 9.53 Å². The number of amides is 1. The lowest BCUT2D eigenvalue weighted by Crippen LogP contribution is -2.13. The maximum atomic E-state index is 12.0. The zero-order valence-electron chi connectivity index (χ0n) is 10.0. The van der Waals surface area contributed by atoms with Gasteiger partial charge in [0.05, 0.1) is 15.8 Å². The number of halogens is 2. The fourth-order valence-electron chi connectivity index (χ4n) is 1.32. The molecule has 2 rings (SSSR count). The lowest BCUT2D eigenvalue weighted by molar-refractivity contribution is 0.102. The minimum Gasteiger partial charge on any atom is -0.481 e. The Morgan fingerprint density at radius 3 is 2.68 bits per heavy atom. The van der Waals surface area contributed by atoms with Gasteiger partial charge in [0.2, 0.25) is 11.8 Å². The Hall–Kier alpha value is -0.990. The topological polar surface area (TPSA) is 64.1 Å². The lowest BCUT2D eigenvalue weighted by Gasteiger charge is -2.05. The second-order valence-corrected chi connectivity index (χ2v) is 6.79. The summed E-state index contributed by atoms with van der Waals surface area (Å²) in [5, 5.41) is 2.64. The van der Waals surface area contributed by atoms with Crippen LogP contribution in [0.25, 0.3) is 0 Å². The second-order valence-electron chi connectivity index (χ2n) is 3.56. The van der Waals surface area contributed by atoms with Crippen LogP contribution in [0.4, 0.5) is 5.95 Å². The van der Waals surface area contributed by atoms with E-state index in [2.05, 4.69) is 47.1 Å². The molecule has 2 aromatic rings. The minimum absolute atomic E-state index is 0.225. The highest BCUT2D eigenvalue weighted by atomic mass is 79.9. The van der Waals surface area contributed by atoms with Gasteiger partial charge in [-0.25, -0.2) is 4.98 Å². The molecule has 0 saturated heterocycles. The van der Waals surface area contributed by atoms with E-state index < -0.39 is 0 Å². The fraction of sp³-hybridized carbons (Fsp3) is 0.182. The van der Waals surface area contributed by atoms with E-state index >= 15 is 0 Å². The number of hydrogen-bond donors (Lipinski definition) is 1. The van der Waals surface area contributed by atoms with Crippen LogP contribution in [0.3, 0.4) is 0 Å². The molecule has 0 saturated carbocycles. The van der Waals surface area contributed by atoms with E-state index in [1.165, 1.54) is 18.4 Å². The van der Waals surface area contributed by atoms with Gasteiger partial charge in [-0.1, -0.05) is 0 Å². The van der Waals surface area contributed by atoms with Gasteiger partial charge in [-0.05, 0) is 44.8 Å². The summed E-state index contributed by atoms with van der Waals surface area (Å²) in [6.07, 6.45) is 0. The number of carbonyl (C=O) groups is 1. The Morgan fingerprint density at radius 1 is 1.37 bits per heavy atom. The van der Waals surface area contributed by atoms with Crippen molar-refractivity contribution in [1.82, 2.24) is 9.97 Å². The fourth-order valence-corrected chi connectivity index (χ4v) is 3.25. The molecule has 0 aliphatic carbocycles. The molecule has 0 fully saturated rings. The van der Waals surface area contributed by atoms with Crippen LogP contribution in [-0.2, 0) is 0 Å². The molecule has 8 heteroatoms. The third kappa shape index (κ3) is 3.52. The Balaban J connectivity index is 2.21. The van der Waals surface area contributed by atoms with Crippen LogP contribution in [0.1, 0.15) is 15.4 Å². The number of nitrogens with one attached hydrogen (secondary N) is 1. The predicted octanol–water partition coefficient (Wildman–Crippen LogP) is 3.63. The SMILES string of the molecule is COc1cc(C)nc(NC(=O)c2cc(Br)c(Br)s2)n1. The first-order valence-corrected chi connectivity index (χ1v) is 7.55. The Bertz CT molecular complexity index is 611. The maximum Gasteiger partial charge on any atom is 0.268 e. The molecule has 0 aromatic carbocycles. The molecule has 0 radical (unpaired) electrons. The molecule has 1 N–H and O–H groups in total. The zero-order chi connectivity index (χ0) is 14.0. The summed E-state index contributed by atoms with van der Waals surface area (Å²) in [6.45, 7) is 1.80.